The summed E-state index contributed by atoms with van der Waals surface area (Å²) in [6, 6.07) is 17.0. The fourth-order valence-electron chi connectivity index (χ4n) is 2.35. The Morgan fingerprint density at radius 2 is 2.00 bits per heavy atom. The Kier molecular flexibility index (Phi) is 3.57. The Hall–Kier alpha value is -2.80. The van der Waals surface area contributed by atoms with Crippen LogP contribution in [0.15, 0.2) is 48.5 Å². The highest BCUT2D eigenvalue weighted by molar-refractivity contribution is 5.95. The number of hydrogen-bond acceptors (Lipinski definition) is 3. The SMILES string of the molecule is N#CCc1ccc(NC(=O)C2Cc3ccccc3O2)cc1. The maximum absolute atomic E-state index is 12.2. The maximum Gasteiger partial charge on any atom is 0.265 e. The molecule has 1 atom stereocenters. The third-order valence-corrected chi connectivity index (χ3v) is 3.44. The van der Waals surface area contributed by atoms with E-state index in [-0.39, 0.29) is 5.91 Å². The largest absolute Gasteiger partial charge is 0.480 e. The van der Waals surface area contributed by atoms with E-state index in [0.717, 1.165) is 16.9 Å². The number of para-hydroxylation sites is 1. The van der Waals surface area contributed by atoms with E-state index in [9.17, 15) is 4.79 Å². The van der Waals surface area contributed by atoms with Crippen LogP contribution in [0.3, 0.4) is 0 Å². The van der Waals surface area contributed by atoms with E-state index in [4.69, 9.17) is 10.00 Å². The minimum absolute atomic E-state index is 0.153. The number of benzene rings is 2. The van der Waals surface area contributed by atoms with Gasteiger partial charge in [0.2, 0.25) is 0 Å². The van der Waals surface area contributed by atoms with E-state index in [1.165, 1.54) is 0 Å². The van der Waals surface area contributed by atoms with Crippen LogP contribution in [-0.4, -0.2) is 12.0 Å². The molecule has 0 spiro atoms. The molecule has 1 unspecified atom stereocenters. The number of ether oxygens (including phenoxy) is 1. The second-order valence-corrected chi connectivity index (χ2v) is 4.94. The van der Waals surface area contributed by atoms with Gasteiger partial charge in [0.15, 0.2) is 6.10 Å². The van der Waals surface area contributed by atoms with Gasteiger partial charge < -0.3 is 10.1 Å². The Balaban J connectivity index is 1.64. The molecule has 1 aliphatic heterocycles. The summed E-state index contributed by atoms with van der Waals surface area (Å²) in [5, 5.41) is 11.5. The molecule has 2 aromatic carbocycles. The van der Waals surface area contributed by atoms with Crippen molar-refractivity contribution in [2.45, 2.75) is 18.9 Å². The van der Waals surface area contributed by atoms with Gasteiger partial charge in [0, 0.05) is 12.1 Å². The molecule has 3 rings (SSSR count). The van der Waals surface area contributed by atoms with Crippen LogP contribution in [0, 0.1) is 11.3 Å². The van der Waals surface area contributed by atoms with Crippen molar-refractivity contribution in [3.8, 4) is 11.8 Å². The number of carbonyl (C=O) groups excluding carboxylic acids is 1. The van der Waals surface area contributed by atoms with Gasteiger partial charge in [0.1, 0.15) is 5.75 Å². The molecule has 1 aliphatic rings. The number of nitrogens with one attached hydrogen (secondary N) is 1. The van der Waals surface area contributed by atoms with Gasteiger partial charge in [-0.1, -0.05) is 30.3 Å². The molecular weight excluding hydrogens is 264 g/mol. The average molecular weight is 278 g/mol. The average Bonchev–Trinajstić information content (AvgIpc) is 2.94. The zero-order valence-electron chi connectivity index (χ0n) is 11.4. The van der Waals surface area contributed by atoms with Crippen molar-refractivity contribution in [1.82, 2.24) is 0 Å². The molecule has 104 valence electrons. The zero-order chi connectivity index (χ0) is 14.7. The number of hydrogen-bond donors (Lipinski definition) is 1. The first-order chi connectivity index (χ1) is 10.3. The second-order valence-electron chi connectivity index (χ2n) is 4.94. The summed E-state index contributed by atoms with van der Waals surface area (Å²) in [6.07, 6.45) is 0.477. The Labute approximate surface area is 123 Å². The quantitative estimate of drug-likeness (QED) is 0.939. The van der Waals surface area contributed by atoms with Crippen molar-refractivity contribution in [2.75, 3.05) is 5.32 Å². The van der Waals surface area contributed by atoms with E-state index in [2.05, 4.69) is 11.4 Å². The summed E-state index contributed by atoms with van der Waals surface area (Å²) in [5.74, 6) is 0.626. The molecule has 0 aromatic heterocycles. The number of fused-ring (bicyclic) bond motifs is 1. The van der Waals surface area contributed by atoms with Gasteiger partial charge in [-0.2, -0.15) is 5.26 Å². The number of nitriles is 1. The van der Waals surface area contributed by atoms with Gasteiger partial charge in [0.05, 0.1) is 12.5 Å². The second kappa shape index (κ2) is 5.68. The van der Waals surface area contributed by atoms with Gasteiger partial charge in [0.25, 0.3) is 5.91 Å². The van der Waals surface area contributed by atoms with E-state index in [1.807, 2.05) is 36.4 Å². The van der Waals surface area contributed by atoms with Crippen molar-refractivity contribution in [2.24, 2.45) is 0 Å². The first-order valence-corrected chi connectivity index (χ1v) is 6.77. The number of rotatable bonds is 3. The van der Waals surface area contributed by atoms with Crippen LogP contribution < -0.4 is 10.1 Å². The van der Waals surface area contributed by atoms with Crippen LogP contribution in [0.25, 0.3) is 0 Å². The summed E-state index contributed by atoms with van der Waals surface area (Å²) in [4.78, 5) is 12.2. The molecule has 4 heteroatoms. The Morgan fingerprint density at radius 3 is 2.71 bits per heavy atom. The van der Waals surface area contributed by atoms with E-state index < -0.39 is 6.10 Å². The topological polar surface area (TPSA) is 62.1 Å². The van der Waals surface area contributed by atoms with Crippen LogP contribution in [0.1, 0.15) is 11.1 Å². The van der Waals surface area contributed by atoms with E-state index >= 15 is 0 Å². The highest BCUT2D eigenvalue weighted by Crippen LogP contribution is 2.28. The van der Waals surface area contributed by atoms with Gasteiger partial charge >= 0.3 is 0 Å². The molecule has 1 heterocycles. The lowest BCUT2D eigenvalue weighted by Gasteiger charge is -2.11. The molecular formula is C17H14N2O2. The third kappa shape index (κ3) is 2.87. The highest BCUT2D eigenvalue weighted by Gasteiger charge is 2.28. The fourth-order valence-corrected chi connectivity index (χ4v) is 2.35. The Morgan fingerprint density at radius 1 is 1.24 bits per heavy atom. The van der Waals surface area contributed by atoms with Crippen LogP contribution >= 0.6 is 0 Å². The lowest BCUT2D eigenvalue weighted by molar-refractivity contribution is -0.122. The molecule has 0 radical (unpaired) electrons. The minimum atomic E-state index is -0.485. The van der Waals surface area contributed by atoms with Gasteiger partial charge in [-0.3, -0.25) is 4.79 Å². The van der Waals surface area contributed by atoms with Crippen molar-refractivity contribution in [3.05, 3.63) is 59.7 Å². The standard InChI is InChI=1S/C17H14N2O2/c18-10-9-12-5-7-14(8-6-12)19-17(20)16-11-13-3-1-2-4-15(13)21-16/h1-8,16H,9,11H2,(H,19,20). The number of amides is 1. The van der Waals surface area contributed by atoms with Crippen LogP contribution in [-0.2, 0) is 17.6 Å². The summed E-state index contributed by atoms with van der Waals surface area (Å²) in [5.41, 5.74) is 2.70. The molecule has 21 heavy (non-hydrogen) atoms. The molecule has 1 amide bonds. The molecule has 0 aliphatic carbocycles. The van der Waals surface area contributed by atoms with Crippen LogP contribution in [0.4, 0.5) is 5.69 Å². The summed E-state index contributed by atoms with van der Waals surface area (Å²) >= 11 is 0. The lowest BCUT2D eigenvalue weighted by atomic mass is 10.1. The maximum atomic E-state index is 12.2. The zero-order valence-corrected chi connectivity index (χ0v) is 11.4. The summed E-state index contributed by atoms with van der Waals surface area (Å²) < 4.78 is 5.65. The van der Waals surface area contributed by atoms with Crippen molar-refractivity contribution in [3.63, 3.8) is 0 Å². The molecule has 0 saturated heterocycles. The third-order valence-electron chi connectivity index (χ3n) is 3.44. The monoisotopic (exact) mass is 278 g/mol. The van der Waals surface area contributed by atoms with Crippen molar-refractivity contribution in [1.29, 1.82) is 5.26 Å². The molecule has 1 N–H and O–H groups in total. The Bertz CT molecular complexity index is 676. The molecule has 4 nitrogen and oxygen atoms in total. The van der Waals surface area contributed by atoms with Gasteiger partial charge in [-0.25, -0.2) is 0 Å². The van der Waals surface area contributed by atoms with E-state index in [1.54, 1.807) is 12.1 Å². The molecule has 0 saturated carbocycles. The lowest BCUT2D eigenvalue weighted by Crippen LogP contribution is -2.31. The van der Waals surface area contributed by atoms with Gasteiger partial charge in [-0.05, 0) is 29.3 Å². The fraction of sp³-hybridized carbons (Fsp3) is 0.176. The summed E-state index contributed by atoms with van der Waals surface area (Å²) in [6.45, 7) is 0. The molecule has 2 aromatic rings. The first kappa shape index (κ1) is 13.2. The molecule has 0 fully saturated rings. The summed E-state index contributed by atoms with van der Waals surface area (Å²) in [7, 11) is 0. The van der Waals surface area contributed by atoms with Crippen LogP contribution in [0.5, 0.6) is 5.75 Å². The van der Waals surface area contributed by atoms with E-state index in [0.29, 0.717) is 18.5 Å². The minimum Gasteiger partial charge on any atom is -0.480 e. The number of anilines is 1. The normalized spacial score (nSPS) is 15.7. The van der Waals surface area contributed by atoms with Crippen molar-refractivity contribution >= 4 is 11.6 Å². The smallest absolute Gasteiger partial charge is 0.265 e. The predicted octanol–water partition coefficient (Wildman–Crippen LogP) is 2.69. The van der Waals surface area contributed by atoms with Crippen molar-refractivity contribution < 1.29 is 9.53 Å². The number of carbonyl (C=O) groups is 1. The van der Waals surface area contributed by atoms with Gasteiger partial charge in [-0.15, -0.1) is 0 Å². The van der Waals surface area contributed by atoms with Crippen LogP contribution in [0.2, 0.25) is 0 Å². The number of nitrogens with zero attached hydrogens (tertiary/aromatic N) is 1. The predicted molar refractivity (Wildman–Crippen MR) is 79.0 cm³/mol. The molecule has 0 bridgehead atoms. The highest BCUT2D eigenvalue weighted by atomic mass is 16.5. The first-order valence-electron chi connectivity index (χ1n) is 6.77.